The molecular weight excluding hydrogens is 278 g/mol. The molecule has 0 spiro atoms. The Morgan fingerprint density at radius 2 is 2.05 bits per heavy atom. The molecule has 1 aliphatic rings. The number of benzene rings is 1. The quantitative estimate of drug-likeness (QED) is 0.904. The molecule has 20 heavy (non-hydrogen) atoms. The molecule has 1 aromatic heterocycles. The Hall–Kier alpha value is -1.60. The zero-order valence-corrected chi connectivity index (χ0v) is 12.1. The van der Waals surface area contributed by atoms with Gasteiger partial charge in [0.15, 0.2) is 9.84 Å². The summed E-state index contributed by atoms with van der Waals surface area (Å²) >= 11 is 0. The number of nitrogen functional groups attached to an aromatic ring is 1. The van der Waals surface area contributed by atoms with Crippen molar-refractivity contribution in [2.24, 2.45) is 0 Å². The van der Waals surface area contributed by atoms with Crippen molar-refractivity contribution in [3.05, 3.63) is 18.2 Å². The largest absolute Gasteiger partial charge is 0.381 e. The SMILES string of the molecule is CS(=O)(=O)c1cccc2c1nc(N)n2C1CCOCC1. The number of sulfone groups is 1. The van der Waals surface area contributed by atoms with E-state index in [4.69, 9.17) is 10.5 Å². The molecule has 0 radical (unpaired) electrons. The van der Waals surface area contributed by atoms with Crippen LogP contribution in [-0.4, -0.2) is 37.4 Å². The first-order valence-corrected chi connectivity index (χ1v) is 8.42. The van der Waals surface area contributed by atoms with Gasteiger partial charge in [-0.05, 0) is 25.0 Å². The maximum atomic E-state index is 11.8. The van der Waals surface area contributed by atoms with E-state index < -0.39 is 9.84 Å². The Morgan fingerprint density at radius 1 is 1.35 bits per heavy atom. The molecule has 0 atom stereocenters. The molecule has 2 N–H and O–H groups in total. The number of rotatable bonds is 2. The topological polar surface area (TPSA) is 87.2 Å². The summed E-state index contributed by atoms with van der Waals surface area (Å²) in [5, 5.41) is 0. The number of nitrogens with two attached hydrogens (primary N) is 1. The van der Waals surface area contributed by atoms with Gasteiger partial charge in [0.05, 0.1) is 10.4 Å². The predicted molar refractivity (Wildman–Crippen MR) is 76.3 cm³/mol. The number of anilines is 1. The highest BCUT2D eigenvalue weighted by atomic mass is 32.2. The van der Waals surface area contributed by atoms with Crippen molar-refractivity contribution < 1.29 is 13.2 Å². The second-order valence-corrected chi connectivity index (χ2v) is 7.06. The van der Waals surface area contributed by atoms with E-state index in [0.717, 1.165) is 18.4 Å². The first kappa shape index (κ1) is 13.4. The zero-order valence-electron chi connectivity index (χ0n) is 11.2. The molecule has 2 aromatic rings. The van der Waals surface area contributed by atoms with Crippen LogP contribution in [-0.2, 0) is 14.6 Å². The molecule has 1 saturated heterocycles. The number of hydrogen-bond acceptors (Lipinski definition) is 5. The molecule has 1 fully saturated rings. The van der Waals surface area contributed by atoms with Crippen molar-refractivity contribution in [1.29, 1.82) is 0 Å². The van der Waals surface area contributed by atoms with Crippen LogP contribution in [0.4, 0.5) is 5.95 Å². The van der Waals surface area contributed by atoms with Crippen molar-refractivity contribution >= 4 is 26.8 Å². The van der Waals surface area contributed by atoms with Crippen LogP contribution in [0, 0.1) is 0 Å². The molecule has 0 amide bonds. The van der Waals surface area contributed by atoms with Gasteiger partial charge in [0.1, 0.15) is 5.52 Å². The normalized spacial score (nSPS) is 17.6. The van der Waals surface area contributed by atoms with Crippen LogP contribution < -0.4 is 5.73 Å². The fourth-order valence-electron chi connectivity index (χ4n) is 2.74. The highest BCUT2D eigenvalue weighted by molar-refractivity contribution is 7.91. The van der Waals surface area contributed by atoms with Crippen molar-refractivity contribution in [3.8, 4) is 0 Å². The summed E-state index contributed by atoms with van der Waals surface area (Å²) < 4.78 is 31.0. The standard InChI is InChI=1S/C13H17N3O3S/c1-20(17,18)11-4-2-3-10-12(11)15-13(14)16(10)9-5-7-19-8-6-9/h2-4,9H,5-8H2,1H3,(H2,14,15). The summed E-state index contributed by atoms with van der Waals surface area (Å²) in [6.45, 7) is 1.38. The van der Waals surface area contributed by atoms with Gasteiger partial charge in [-0.1, -0.05) is 6.07 Å². The number of aromatic nitrogens is 2. The third kappa shape index (κ3) is 2.16. The zero-order chi connectivity index (χ0) is 14.3. The Balaban J connectivity index is 2.21. The van der Waals surface area contributed by atoms with E-state index in [2.05, 4.69) is 4.98 Å². The molecule has 108 valence electrons. The van der Waals surface area contributed by atoms with Gasteiger partial charge in [-0.3, -0.25) is 0 Å². The van der Waals surface area contributed by atoms with Crippen molar-refractivity contribution in [2.75, 3.05) is 25.2 Å². The van der Waals surface area contributed by atoms with E-state index in [1.54, 1.807) is 12.1 Å². The van der Waals surface area contributed by atoms with Crippen LogP contribution in [0.25, 0.3) is 11.0 Å². The van der Waals surface area contributed by atoms with Gasteiger partial charge in [0.2, 0.25) is 5.95 Å². The molecule has 0 unspecified atom stereocenters. The lowest BCUT2D eigenvalue weighted by atomic mass is 10.1. The van der Waals surface area contributed by atoms with E-state index in [1.165, 1.54) is 6.26 Å². The summed E-state index contributed by atoms with van der Waals surface area (Å²) in [6, 6.07) is 5.38. The number of para-hydroxylation sites is 1. The predicted octanol–water partition coefficient (Wildman–Crippen LogP) is 1.37. The molecule has 3 rings (SSSR count). The molecule has 6 nitrogen and oxygen atoms in total. The van der Waals surface area contributed by atoms with E-state index in [0.29, 0.717) is 24.7 Å². The fourth-order valence-corrected chi connectivity index (χ4v) is 3.56. The minimum absolute atomic E-state index is 0.212. The van der Waals surface area contributed by atoms with Gasteiger partial charge >= 0.3 is 0 Å². The smallest absolute Gasteiger partial charge is 0.201 e. The van der Waals surface area contributed by atoms with Gasteiger partial charge in [-0.2, -0.15) is 0 Å². The Bertz CT molecular complexity index is 746. The molecule has 1 aromatic carbocycles. The Kier molecular flexibility index (Phi) is 3.18. The average Bonchev–Trinajstić information content (AvgIpc) is 2.74. The third-order valence-corrected chi connectivity index (χ3v) is 4.79. The monoisotopic (exact) mass is 295 g/mol. The Labute approximate surface area is 117 Å². The molecule has 0 aliphatic carbocycles. The second kappa shape index (κ2) is 4.75. The van der Waals surface area contributed by atoms with Crippen molar-refractivity contribution in [2.45, 2.75) is 23.8 Å². The van der Waals surface area contributed by atoms with E-state index >= 15 is 0 Å². The first-order chi connectivity index (χ1) is 9.48. The average molecular weight is 295 g/mol. The summed E-state index contributed by atoms with van der Waals surface area (Å²) in [5.41, 5.74) is 7.25. The van der Waals surface area contributed by atoms with Gasteiger partial charge < -0.3 is 15.0 Å². The first-order valence-electron chi connectivity index (χ1n) is 6.52. The number of imidazole rings is 1. The van der Waals surface area contributed by atoms with Crippen LogP contribution in [0.15, 0.2) is 23.1 Å². The lowest BCUT2D eigenvalue weighted by Gasteiger charge is -2.24. The Morgan fingerprint density at radius 3 is 2.70 bits per heavy atom. The minimum Gasteiger partial charge on any atom is -0.381 e. The molecule has 0 saturated carbocycles. The maximum absolute atomic E-state index is 11.8. The van der Waals surface area contributed by atoms with Crippen LogP contribution in [0.5, 0.6) is 0 Å². The number of ether oxygens (including phenoxy) is 1. The van der Waals surface area contributed by atoms with Crippen molar-refractivity contribution in [1.82, 2.24) is 9.55 Å². The highest BCUT2D eigenvalue weighted by Crippen LogP contribution is 2.31. The highest BCUT2D eigenvalue weighted by Gasteiger charge is 2.23. The molecule has 7 heteroatoms. The van der Waals surface area contributed by atoms with Crippen LogP contribution >= 0.6 is 0 Å². The van der Waals surface area contributed by atoms with Gasteiger partial charge in [-0.15, -0.1) is 0 Å². The van der Waals surface area contributed by atoms with Crippen LogP contribution in [0.2, 0.25) is 0 Å². The molecule has 0 bridgehead atoms. The summed E-state index contributed by atoms with van der Waals surface area (Å²) in [5.74, 6) is 0.364. The van der Waals surface area contributed by atoms with E-state index in [9.17, 15) is 8.42 Å². The number of hydrogen-bond donors (Lipinski definition) is 1. The lowest BCUT2D eigenvalue weighted by Crippen LogP contribution is -2.20. The number of nitrogens with zero attached hydrogens (tertiary/aromatic N) is 2. The summed E-state index contributed by atoms with van der Waals surface area (Å²) in [4.78, 5) is 4.50. The van der Waals surface area contributed by atoms with E-state index in [1.807, 2.05) is 10.6 Å². The molecule has 2 heterocycles. The maximum Gasteiger partial charge on any atom is 0.201 e. The molecule has 1 aliphatic heterocycles. The van der Waals surface area contributed by atoms with Gasteiger partial charge in [-0.25, -0.2) is 13.4 Å². The summed E-state index contributed by atoms with van der Waals surface area (Å²) in [6.07, 6.45) is 2.91. The number of fused-ring (bicyclic) bond motifs is 1. The van der Waals surface area contributed by atoms with Crippen LogP contribution in [0.1, 0.15) is 18.9 Å². The molecular formula is C13H17N3O3S. The van der Waals surface area contributed by atoms with Crippen molar-refractivity contribution in [3.63, 3.8) is 0 Å². The lowest BCUT2D eigenvalue weighted by molar-refractivity contribution is 0.0711. The minimum atomic E-state index is -3.32. The third-order valence-electron chi connectivity index (χ3n) is 3.67. The van der Waals surface area contributed by atoms with Gasteiger partial charge in [0.25, 0.3) is 0 Å². The van der Waals surface area contributed by atoms with E-state index in [-0.39, 0.29) is 10.9 Å². The van der Waals surface area contributed by atoms with Gasteiger partial charge in [0, 0.05) is 25.5 Å². The van der Waals surface area contributed by atoms with Crippen LogP contribution in [0.3, 0.4) is 0 Å². The summed E-state index contributed by atoms with van der Waals surface area (Å²) in [7, 11) is -3.32. The fraction of sp³-hybridized carbons (Fsp3) is 0.462. The second-order valence-electron chi connectivity index (χ2n) is 5.08.